The van der Waals surface area contributed by atoms with Gasteiger partial charge in [-0.1, -0.05) is 13.8 Å². The SMILES string of the molecule is C[C@H]1CC[C@H](NCCCO)C[C@@H]1C. The molecule has 0 aliphatic heterocycles. The lowest BCUT2D eigenvalue weighted by atomic mass is 9.79. The van der Waals surface area contributed by atoms with Crippen LogP contribution >= 0.6 is 0 Å². The van der Waals surface area contributed by atoms with Crippen molar-refractivity contribution in [3.05, 3.63) is 0 Å². The first kappa shape index (κ1) is 11.0. The lowest BCUT2D eigenvalue weighted by Crippen LogP contribution is -2.36. The van der Waals surface area contributed by atoms with Gasteiger partial charge in [0.15, 0.2) is 0 Å². The second-order valence-corrected chi connectivity index (χ2v) is 4.50. The monoisotopic (exact) mass is 185 g/mol. The highest BCUT2D eigenvalue weighted by atomic mass is 16.3. The summed E-state index contributed by atoms with van der Waals surface area (Å²) in [5.74, 6) is 1.76. The summed E-state index contributed by atoms with van der Waals surface area (Å²) in [5, 5.41) is 12.2. The minimum Gasteiger partial charge on any atom is -0.396 e. The molecule has 1 aliphatic carbocycles. The van der Waals surface area contributed by atoms with Gasteiger partial charge in [-0.3, -0.25) is 0 Å². The van der Waals surface area contributed by atoms with Gasteiger partial charge in [0, 0.05) is 12.6 Å². The number of nitrogens with one attached hydrogen (secondary N) is 1. The molecule has 1 rings (SSSR count). The Bertz CT molecular complexity index is 138. The van der Waals surface area contributed by atoms with Gasteiger partial charge in [0.05, 0.1) is 0 Å². The quantitative estimate of drug-likeness (QED) is 0.654. The van der Waals surface area contributed by atoms with E-state index in [-0.39, 0.29) is 0 Å². The molecule has 0 aromatic heterocycles. The zero-order valence-corrected chi connectivity index (χ0v) is 8.92. The number of rotatable bonds is 4. The molecule has 0 heterocycles. The molecule has 0 unspecified atom stereocenters. The molecule has 2 heteroatoms. The Balaban J connectivity index is 2.14. The first-order valence-electron chi connectivity index (χ1n) is 5.58. The smallest absolute Gasteiger partial charge is 0.0443 e. The molecule has 3 atom stereocenters. The second-order valence-electron chi connectivity index (χ2n) is 4.50. The fourth-order valence-corrected chi connectivity index (χ4v) is 2.12. The molecule has 2 nitrogen and oxygen atoms in total. The van der Waals surface area contributed by atoms with E-state index in [0.717, 1.165) is 24.8 Å². The van der Waals surface area contributed by atoms with Gasteiger partial charge in [-0.25, -0.2) is 0 Å². The number of hydrogen-bond donors (Lipinski definition) is 2. The topological polar surface area (TPSA) is 32.3 Å². The number of aliphatic hydroxyl groups is 1. The highest BCUT2D eigenvalue weighted by molar-refractivity contribution is 4.79. The van der Waals surface area contributed by atoms with Crippen LogP contribution in [0.25, 0.3) is 0 Å². The van der Waals surface area contributed by atoms with Crippen LogP contribution in [0.4, 0.5) is 0 Å². The molecular formula is C11H23NO. The summed E-state index contributed by atoms with van der Waals surface area (Å²) in [4.78, 5) is 0. The molecule has 0 aromatic rings. The van der Waals surface area contributed by atoms with Crippen molar-refractivity contribution < 1.29 is 5.11 Å². The van der Waals surface area contributed by atoms with Crippen LogP contribution in [0.5, 0.6) is 0 Å². The van der Waals surface area contributed by atoms with Crippen LogP contribution in [0.1, 0.15) is 39.5 Å². The van der Waals surface area contributed by atoms with Crippen molar-refractivity contribution in [2.45, 2.75) is 45.6 Å². The molecule has 0 radical (unpaired) electrons. The average molecular weight is 185 g/mol. The number of hydrogen-bond acceptors (Lipinski definition) is 2. The van der Waals surface area contributed by atoms with E-state index >= 15 is 0 Å². The Morgan fingerprint density at radius 3 is 2.62 bits per heavy atom. The van der Waals surface area contributed by atoms with Crippen molar-refractivity contribution in [3.8, 4) is 0 Å². The maximum atomic E-state index is 8.65. The largest absolute Gasteiger partial charge is 0.396 e. The molecular weight excluding hydrogens is 162 g/mol. The molecule has 1 fully saturated rings. The molecule has 0 bridgehead atoms. The predicted octanol–water partition coefficient (Wildman–Crippen LogP) is 1.78. The van der Waals surface area contributed by atoms with E-state index in [2.05, 4.69) is 19.2 Å². The highest BCUT2D eigenvalue weighted by Crippen LogP contribution is 2.29. The Kier molecular flexibility index (Phi) is 4.74. The maximum Gasteiger partial charge on any atom is 0.0443 e. The van der Waals surface area contributed by atoms with Crippen LogP contribution in [0.15, 0.2) is 0 Å². The summed E-state index contributed by atoms with van der Waals surface area (Å²) in [6, 6.07) is 0.706. The third kappa shape index (κ3) is 3.65. The van der Waals surface area contributed by atoms with Crippen molar-refractivity contribution >= 4 is 0 Å². The van der Waals surface area contributed by atoms with Crippen molar-refractivity contribution in [2.24, 2.45) is 11.8 Å². The Morgan fingerprint density at radius 1 is 1.23 bits per heavy atom. The standard InChI is InChI=1S/C11H23NO/c1-9-4-5-11(8-10(9)2)12-6-3-7-13/h9-13H,3-8H2,1-2H3/t9-,10-,11-/m0/s1. The number of aliphatic hydroxyl groups excluding tert-OH is 1. The van der Waals surface area contributed by atoms with Crippen LogP contribution in [0.3, 0.4) is 0 Å². The molecule has 78 valence electrons. The highest BCUT2D eigenvalue weighted by Gasteiger charge is 2.23. The summed E-state index contributed by atoms with van der Waals surface area (Å²) in [5.41, 5.74) is 0. The van der Waals surface area contributed by atoms with E-state index in [4.69, 9.17) is 5.11 Å². The molecule has 2 N–H and O–H groups in total. The lowest BCUT2D eigenvalue weighted by molar-refractivity contribution is 0.220. The van der Waals surface area contributed by atoms with E-state index < -0.39 is 0 Å². The Hall–Kier alpha value is -0.0800. The van der Waals surface area contributed by atoms with E-state index in [1.165, 1.54) is 19.3 Å². The first-order chi connectivity index (χ1) is 6.24. The Morgan fingerprint density at radius 2 is 2.00 bits per heavy atom. The first-order valence-corrected chi connectivity index (χ1v) is 5.58. The molecule has 1 saturated carbocycles. The van der Waals surface area contributed by atoms with Gasteiger partial charge in [-0.2, -0.15) is 0 Å². The zero-order chi connectivity index (χ0) is 9.68. The minimum absolute atomic E-state index is 0.311. The van der Waals surface area contributed by atoms with Crippen LogP contribution in [-0.2, 0) is 0 Å². The van der Waals surface area contributed by atoms with Gasteiger partial charge in [0.1, 0.15) is 0 Å². The normalized spacial score (nSPS) is 34.8. The second kappa shape index (κ2) is 5.61. The van der Waals surface area contributed by atoms with Gasteiger partial charge in [0.2, 0.25) is 0 Å². The molecule has 13 heavy (non-hydrogen) atoms. The lowest BCUT2D eigenvalue weighted by Gasteiger charge is -2.32. The van der Waals surface area contributed by atoms with Crippen molar-refractivity contribution in [3.63, 3.8) is 0 Å². The van der Waals surface area contributed by atoms with Gasteiger partial charge < -0.3 is 10.4 Å². The molecule has 0 spiro atoms. The van der Waals surface area contributed by atoms with Crippen LogP contribution in [0.2, 0.25) is 0 Å². The van der Waals surface area contributed by atoms with E-state index in [9.17, 15) is 0 Å². The molecule has 0 aromatic carbocycles. The fourth-order valence-electron chi connectivity index (χ4n) is 2.12. The van der Waals surface area contributed by atoms with E-state index in [1.807, 2.05) is 0 Å². The zero-order valence-electron chi connectivity index (χ0n) is 8.92. The van der Waals surface area contributed by atoms with Crippen molar-refractivity contribution in [1.29, 1.82) is 0 Å². The van der Waals surface area contributed by atoms with E-state index in [1.54, 1.807) is 0 Å². The fraction of sp³-hybridized carbons (Fsp3) is 1.00. The molecule has 0 saturated heterocycles. The van der Waals surface area contributed by atoms with Gasteiger partial charge in [-0.05, 0) is 44.1 Å². The molecule has 1 aliphatic rings. The summed E-state index contributed by atoms with van der Waals surface area (Å²) >= 11 is 0. The summed E-state index contributed by atoms with van der Waals surface area (Å²) < 4.78 is 0. The third-order valence-electron chi connectivity index (χ3n) is 3.37. The Labute approximate surface area is 81.7 Å². The molecule has 0 amide bonds. The van der Waals surface area contributed by atoms with Crippen LogP contribution in [-0.4, -0.2) is 24.3 Å². The van der Waals surface area contributed by atoms with Crippen molar-refractivity contribution in [1.82, 2.24) is 5.32 Å². The minimum atomic E-state index is 0.311. The van der Waals surface area contributed by atoms with Gasteiger partial charge in [0.25, 0.3) is 0 Å². The average Bonchev–Trinajstić information content (AvgIpc) is 2.12. The van der Waals surface area contributed by atoms with E-state index in [0.29, 0.717) is 12.6 Å². The van der Waals surface area contributed by atoms with Gasteiger partial charge >= 0.3 is 0 Å². The predicted molar refractivity (Wildman–Crippen MR) is 55.7 cm³/mol. The maximum absolute atomic E-state index is 8.65. The van der Waals surface area contributed by atoms with Gasteiger partial charge in [-0.15, -0.1) is 0 Å². The van der Waals surface area contributed by atoms with Crippen LogP contribution in [0, 0.1) is 11.8 Å². The third-order valence-corrected chi connectivity index (χ3v) is 3.37. The van der Waals surface area contributed by atoms with Crippen LogP contribution < -0.4 is 5.32 Å². The summed E-state index contributed by atoms with van der Waals surface area (Å²) in [6.45, 7) is 5.99. The summed E-state index contributed by atoms with van der Waals surface area (Å²) in [7, 11) is 0. The van der Waals surface area contributed by atoms with Crippen molar-refractivity contribution in [2.75, 3.05) is 13.2 Å². The summed E-state index contributed by atoms with van der Waals surface area (Å²) in [6.07, 6.45) is 4.88.